The molecule has 1 amide bonds. The van der Waals surface area contributed by atoms with Crippen LogP contribution < -0.4 is 21.7 Å². The lowest BCUT2D eigenvalue weighted by atomic mass is 10.1. The Morgan fingerprint density at radius 2 is 1.82 bits per heavy atom. The highest BCUT2D eigenvalue weighted by molar-refractivity contribution is 6.07. The molecule has 0 saturated heterocycles. The Bertz CT molecular complexity index is 1640. The first-order chi connectivity index (χ1) is 21.6. The zero-order valence-corrected chi connectivity index (χ0v) is 25.5. The number of benzene rings is 2. The van der Waals surface area contributed by atoms with E-state index in [2.05, 4.69) is 25.4 Å². The van der Waals surface area contributed by atoms with Crippen LogP contribution in [0.5, 0.6) is 0 Å². The van der Waals surface area contributed by atoms with Crippen LogP contribution in [0.4, 0.5) is 11.5 Å². The van der Waals surface area contributed by atoms with Gasteiger partial charge in [-0.15, -0.1) is 0 Å². The van der Waals surface area contributed by atoms with Crippen LogP contribution in [0.1, 0.15) is 55.4 Å². The molecule has 2 heterocycles. The third-order valence-electron chi connectivity index (χ3n) is 6.70. The number of anilines is 2. The SMILES string of the molecule is CCOC(=O)CCN(C(=O)c1ccc2nc(CNc3ccc(/C(N)=N/OC(=O)C(N)CC(C)C)cc3)[nH]c2c1)c1ccccn1. The van der Waals surface area contributed by atoms with E-state index in [0.717, 1.165) is 5.69 Å². The molecule has 0 spiro atoms. The Morgan fingerprint density at radius 1 is 1.07 bits per heavy atom. The minimum Gasteiger partial charge on any atom is -0.466 e. The average molecular weight is 615 g/mol. The molecule has 0 radical (unpaired) electrons. The van der Waals surface area contributed by atoms with Crippen molar-refractivity contribution in [2.45, 2.75) is 46.2 Å². The molecule has 0 aliphatic carbocycles. The van der Waals surface area contributed by atoms with Crippen molar-refractivity contribution in [2.75, 3.05) is 23.4 Å². The Morgan fingerprint density at radius 3 is 2.51 bits per heavy atom. The van der Waals surface area contributed by atoms with Gasteiger partial charge in [0.1, 0.15) is 17.7 Å². The number of carbonyl (C=O) groups excluding carboxylic acids is 3. The first-order valence-corrected chi connectivity index (χ1v) is 14.7. The van der Waals surface area contributed by atoms with Crippen molar-refractivity contribution in [3.05, 3.63) is 83.8 Å². The van der Waals surface area contributed by atoms with Gasteiger partial charge < -0.3 is 31.3 Å². The zero-order valence-electron chi connectivity index (χ0n) is 25.5. The van der Waals surface area contributed by atoms with Crippen LogP contribution in [0.25, 0.3) is 11.0 Å². The van der Waals surface area contributed by atoms with Gasteiger partial charge in [0.15, 0.2) is 5.84 Å². The predicted molar refractivity (Wildman–Crippen MR) is 171 cm³/mol. The molecule has 0 aliphatic heterocycles. The maximum Gasteiger partial charge on any atom is 0.351 e. The number of carbonyl (C=O) groups is 3. The van der Waals surface area contributed by atoms with Crippen LogP contribution in [0, 0.1) is 5.92 Å². The number of nitrogens with two attached hydrogens (primary N) is 2. The molecule has 0 aliphatic rings. The summed E-state index contributed by atoms with van der Waals surface area (Å²) < 4.78 is 5.03. The lowest BCUT2D eigenvalue weighted by Gasteiger charge is -2.21. The molecule has 2 aromatic carbocycles. The number of esters is 1. The van der Waals surface area contributed by atoms with Crippen molar-refractivity contribution in [1.82, 2.24) is 15.0 Å². The topological polar surface area (TPSA) is 191 Å². The molecule has 13 nitrogen and oxygen atoms in total. The number of oxime groups is 1. The maximum atomic E-state index is 13.5. The van der Waals surface area contributed by atoms with Gasteiger partial charge in [0, 0.05) is 29.6 Å². The Balaban J connectivity index is 1.39. The minimum absolute atomic E-state index is 0.0409. The van der Waals surface area contributed by atoms with Crippen molar-refractivity contribution in [3.8, 4) is 0 Å². The number of aromatic amines is 1. The summed E-state index contributed by atoms with van der Waals surface area (Å²) in [7, 11) is 0. The number of imidazole rings is 1. The second kappa shape index (κ2) is 15.4. The number of nitrogens with one attached hydrogen (secondary N) is 2. The fourth-order valence-corrected chi connectivity index (χ4v) is 4.47. The van der Waals surface area contributed by atoms with Crippen LogP contribution in [-0.4, -0.2) is 57.8 Å². The highest BCUT2D eigenvalue weighted by Gasteiger charge is 2.21. The Labute approximate surface area is 261 Å². The smallest absolute Gasteiger partial charge is 0.351 e. The largest absolute Gasteiger partial charge is 0.466 e. The quantitative estimate of drug-likeness (QED) is 0.0535. The van der Waals surface area contributed by atoms with E-state index in [1.165, 1.54) is 4.90 Å². The van der Waals surface area contributed by atoms with Crippen LogP contribution in [0.3, 0.4) is 0 Å². The van der Waals surface area contributed by atoms with E-state index in [0.29, 0.717) is 46.8 Å². The van der Waals surface area contributed by atoms with Crippen molar-refractivity contribution >= 4 is 46.2 Å². The summed E-state index contributed by atoms with van der Waals surface area (Å²) in [6.45, 7) is 6.44. The highest BCUT2D eigenvalue weighted by atomic mass is 16.7. The van der Waals surface area contributed by atoms with Gasteiger partial charge in [-0.25, -0.2) is 14.8 Å². The van der Waals surface area contributed by atoms with E-state index in [9.17, 15) is 14.4 Å². The van der Waals surface area contributed by atoms with Crippen LogP contribution in [-0.2, 0) is 25.7 Å². The summed E-state index contributed by atoms with van der Waals surface area (Å²) >= 11 is 0. The van der Waals surface area contributed by atoms with E-state index in [-0.39, 0.29) is 43.2 Å². The van der Waals surface area contributed by atoms with Crippen molar-refractivity contribution in [1.29, 1.82) is 0 Å². The van der Waals surface area contributed by atoms with Gasteiger partial charge in [0.2, 0.25) is 0 Å². The molecule has 0 bridgehead atoms. The number of nitrogens with zero attached hydrogens (tertiary/aromatic N) is 4. The van der Waals surface area contributed by atoms with Gasteiger partial charge in [-0.3, -0.25) is 14.5 Å². The highest BCUT2D eigenvalue weighted by Crippen LogP contribution is 2.20. The number of aromatic nitrogens is 3. The number of rotatable bonds is 14. The maximum absolute atomic E-state index is 13.5. The Hall–Kier alpha value is -5.30. The molecule has 1 atom stereocenters. The molecule has 2 aromatic heterocycles. The van der Waals surface area contributed by atoms with E-state index >= 15 is 0 Å². The number of ether oxygens (including phenoxy) is 1. The summed E-state index contributed by atoms with van der Waals surface area (Å²) in [6.07, 6.45) is 2.12. The van der Waals surface area contributed by atoms with Crippen LogP contribution in [0.2, 0.25) is 0 Å². The fourth-order valence-electron chi connectivity index (χ4n) is 4.47. The first kappa shape index (κ1) is 32.6. The molecule has 4 rings (SSSR count). The van der Waals surface area contributed by atoms with E-state index in [1.54, 1.807) is 61.7 Å². The summed E-state index contributed by atoms with van der Waals surface area (Å²) in [6, 6.07) is 16.8. The van der Waals surface area contributed by atoms with Gasteiger partial charge in [-0.1, -0.05) is 25.1 Å². The monoisotopic (exact) mass is 614 g/mol. The number of fused-ring (bicyclic) bond motifs is 1. The molecule has 13 heteroatoms. The fraction of sp³-hybridized carbons (Fsp3) is 0.312. The van der Waals surface area contributed by atoms with Gasteiger partial charge in [-0.2, -0.15) is 0 Å². The van der Waals surface area contributed by atoms with Gasteiger partial charge in [-0.05, 0) is 73.9 Å². The lowest BCUT2D eigenvalue weighted by Crippen LogP contribution is -2.34. The normalized spacial score (nSPS) is 12.2. The number of H-pyrrole nitrogens is 1. The van der Waals surface area contributed by atoms with Gasteiger partial charge >= 0.3 is 11.9 Å². The van der Waals surface area contributed by atoms with Gasteiger partial charge in [0.05, 0.1) is 30.6 Å². The zero-order chi connectivity index (χ0) is 32.3. The summed E-state index contributed by atoms with van der Waals surface area (Å²) in [4.78, 5) is 56.1. The second-order valence-electron chi connectivity index (χ2n) is 10.7. The number of pyridine rings is 1. The second-order valence-corrected chi connectivity index (χ2v) is 10.7. The van der Waals surface area contributed by atoms with E-state index in [4.69, 9.17) is 21.0 Å². The average Bonchev–Trinajstić information content (AvgIpc) is 3.45. The Kier molecular flexibility index (Phi) is 11.2. The van der Waals surface area contributed by atoms with E-state index in [1.807, 2.05) is 26.0 Å². The van der Waals surface area contributed by atoms with Crippen LogP contribution >= 0.6 is 0 Å². The molecular weight excluding hydrogens is 576 g/mol. The molecule has 6 N–H and O–H groups in total. The number of hydrogen-bond acceptors (Lipinski definition) is 10. The third kappa shape index (κ3) is 9.10. The van der Waals surface area contributed by atoms with Crippen molar-refractivity contribution in [3.63, 3.8) is 0 Å². The lowest BCUT2D eigenvalue weighted by molar-refractivity contribution is -0.145. The molecular formula is C32H38N8O5. The summed E-state index contributed by atoms with van der Waals surface area (Å²) in [5.41, 5.74) is 15.0. The molecule has 1 unspecified atom stereocenters. The molecule has 4 aromatic rings. The third-order valence-corrected chi connectivity index (χ3v) is 6.70. The number of amidine groups is 1. The molecule has 0 saturated carbocycles. The molecule has 0 fully saturated rings. The van der Waals surface area contributed by atoms with Gasteiger partial charge in [0.25, 0.3) is 5.91 Å². The number of hydrogen-bond donors (Lipinski definition) is 4. The van der Waals surface area contributed by atoms with Crippen LogP contribution in [0.15, 0.2) is 72.0 Å². The van der Waals surface area contributed by atoms with E-state index < -0.39 is 12.0 Å². The first-order valence-electron chi connectivity index (χ1n) is 14.7. The summed E-state index contributed by atoms with van der Waals surface area (Å²) in [5.74, 6) is 0.0789. The summed E-state index contributed by atoms with van der Waals surface area (Å²) in [5, 5.41) is 7.00. The standard InChI is InChI=1S/C32H38N8O5/c1-4-44-29(41)14-16-40(28-7-5-6-15-35-28)31(42)22-10-13-25-26(18-22)38-27(37-25)19-36-23-11-8-21(9-12-23)30(34)39-45-32(43)24(33)17-20(2)3/h5-13,15,18,20,24,36H,4,14,16-17,19,33H2,1-3H3,(H2,34,39)(H,37,38). The van der Waals surface area contributed by atoms with Crippen molar-refractivity contribution < 1.29 is 24.0 Å². The molecule has 236 valence electrons. The minimum atomic E-state index is -0.762. The predicted octanol–water partition coefficient (Wildman–Crippen LogP) is 3.71. The molecule has 45 heavy (non-hydrogen) atoms. The van der Waals surface area contributed by atoms with Crippen molar-refractivity contribution in [2.24, 2.45) is 22.5 Å². The number of amides is 1.